The van der Waals surface area contributed by atoms with Crippen molar-refractivity contribution in [2.75, 3.05) is 11.9 Å². The molecule has 4 nitrogen and oxygen atoms in total. The van der Waals surface area contributed by atoms with E-state index in [2.05, 4.69) is 92.0 Å². The molecule has 0 aliphatic carbocycles. The summed E-state index contributed by atoms with van der Waals surface area (Å²) in [5.41, 5.74) is 9.40. The van der Waals surface area contributed by atoms with Gasteiger partial charge in [-0.05, 0) is 60.9 Å². The highest BCUT2D eigenvalue weighted by Crippen LogP contribution is 2.32. The third-order valence-corrected chi connectivity index (χ3v) is 6.31. The summed E-state index contributed by atoms with van der Waals surface area (Å²) in [7, 11) is 0. The molecular formula is C28H32N4. The molecule has 0 spiro atoms. The summed E-state index contributed by atoms with van der Waals surface area (Å²) in [6.45, 7) is 13.7. The van der Waals surface area contributed by atoms with Crippen LogP contribution in [0.15, 0.2) is 65.9 Å². The second-order valence-corrected chi connectivity index (χ2v) is 8.55. The lowest BCUT2D eigenvalue weighted by molar-refractivity contribution is 0.880. The molecule has 1 N–H and O–H groups in total. The van der Waals surface area contributed by atoms with Gasteiger partial charge in [0.05, 0.1) is 0 Å². The Morgan fingerprint density at radius 3 is 2.56 bits per heavy atom. The van der Waals surface area contributed by atoms with Gasteiger partial charge in [0.25, 0.3) is 0 Å². The number of aryl methyl sites for hydroxylation is 3. The van der Waals surface area contributed by atoms with Gasteiger partial charge in [0, 0.05) is 29.6 Å². The molecule has 164 valence electrons. The number of hydrogen-bond acceptors (Lipinski definition) is 4. The van der Waals surface area contributed by atoms with Crippen LogP contribution in [0.25, 0.3) is 5.57 Å². The van der Waals surface area contributed by atoms with E-state index in [1.807, 2.05) is 6.20 Å². The minimum Gasteiger partial charge on any atom is -0.354 e. The van der Waals surface area contributed by atoms with Gasteiger partial charge >= 0.3 is 0 Å². The molecule has 0 amide bonds. The van der Waals surface area contributed by atoms with Crippen molar-refractivity contribution in [1.29, 1.82) is 0 Å². The van der Waals surface area contributed by atoms with E-state index >= 15 is 0 Å². The number of aromatic nitrogens is 2. The highest BCUT2D eigenvalue weighted by Gasteiger charge is 2.22. The van der Waals surface area contributed by atoms with E-state index in [-0.39, 0.29) is 5.92 Å². The van der Waals surface area contributed by atoms with Gasteiger partial charge < -0.3 is 5.32 Å². The predicted molar refractivity (Wildman–Crippen MR) is 132 cm³/mol. The number of anilines is 1. The minimum absolute atomic E-state index is 0.0728. The standard InChI is InChI=1S/C28H32N4/c1-6-22-12-11-21(16-23(22)7-2)13-14-29-28-30-17-25-19(4)26(20(5)31-27(25)32-28)24-10-8-9-18(3)15-24/h8-12,15-17,26H,5-7,13-14H2,1-4H3,(H,29,31,32). The molecule has 1 aliphatic rings. The summed E-state index contributed by atoms with van der Waals surface area (Å²) in [5.74, 6) is 0.687. The maximum Gasteiger partial charge on any atom is 0.224 e. The molecule has 2 aromatic carbocycles. The van der Waals surface area contributed by atoms with Gasteiger partial charge in [-0.2, -0.15) is 4.98 Å². The highest BCUT2D eigenvalue weighted by atomic mass is 15.1. The van der Waals surface area contributed by atoms with Crippen molar-refractivity contribution in [2.24, 2.45) is 4.99 Å². The largest absolute Gasteiger partial charge is 0.354 e. The van der Waals surface area contributed by atoms with Crippen LogP contribution in [-0.4, -0.2) is 16.5 Å². The first-order valence-corrected chi connectivity index (χ1v) is 11.5. The van der Waals surface area contributed by atoms with Gasteiger partial charge in [0.1, 0.15) is 0 Å². The zero-order valence-electron chi connectivity index (χ0n) is 19.6. The second-order valence-electron chi connectivity index (χ2n) is 8.55. The lowest BCUT2D eigenvalue weighted by Gasteiger charge is -2.22. The van der Waals surface area contributed by atoms with Gasteiger partial charge in [0.15, 0.2) is 5.49 Å². The van der Waals surface area contributed by atoms with Crippen LogP contribution >= 0.6 is 0 Å². The SMILES string of the molecule is C=C1N=c2nc(NCCc3ccc(CC)c(CC)c3)ncc2=C(C)C1c1cccc(C)c1. The monoisotopic (exact) mass is 424 g/mol. The van der Waals surface area contributed by atoms with E-state index in [1.54, 1.807) is 0 Å². The van der Waals surface area contributed by atoms with Crippen LogP contribution in [0, 0.1) is 6.92 Å². The Morgan fingerprint density at radius 1 is 1.00 bits per heavy atom. The molecule has 3 aromatic rings. The summed E-state index contributed by atoms with van der Waals surface area (Å²) < 4.78 is 0. The highest BCUT2D eigenvalue weighted by molar-refractivity contribution is 5.59. The smallest absolute Gasteiger partial charge is 0.224 e. The minimum atomic E-state index is 0.0728. The Hall–Kier alpha value is -3.27. The Kier molecular flexibility index (Phi) is 6.50. The molecule has 2 heterocycles. The van der Waals surface area contributed by atoms with E-state index < -0.39 is 0 Å². The van der Waals surface area contributed by atoms with Crippen LogP contribution in [0.2, 0.25) is 0 Å². The number of fused-ring (bicyclic) bond motifs is 1. The zero-order chi connectivity index (χ0) is 22.7. The lowest BCUT2D eigenvalue weighted by atomic mass is 9.87. The molecule has 32 heavy (non-hydrogen) atoms. The molecule has 1 atom stereocenters. The summed E-state index contributed by atoms with van der Waals surface area (Å²) in [4.78, 5) is 14.0. The average Bonchev–Trinajstić information content (AvgIpc) is 2.79. The number of hydrogen-bond donors (Lipinski definition) is 1. The van der Waals surface area contributed by atoms with E-state index in [1.165, 1.54) is 33.4 Å². The van der Waals surface area contributed by atoms with Crippen molar-refractivity contribution in [3.63, 3.8) is 0 Å². The average molecular weight is 425 g/mol. The van der Waals surface area contributed by atoms with Crippen LogP contribution in [0.5, 0.6) is 0 Å². The summed E-state index contributed by atoms with van der Waals surface area (Å²) in [6.07, 6.45) is 4.98. The van der Waals surface area contributed by atoms with Crippen LogP contribution < -0.4 is 16.0 Å². The fourth-order valence-electron chi connectivity index (χ4n) is 4.55. The molecule has 1 aliphatic heterocycles. The van der Waals surface area contributed by atoms with Crippen molar-refractivity contribution >= 4 is 11.5 Å². The zero-order valence-corrected chi connectivity index (χ0v) is 19.6. The van der Waals surface area contributed by atoms with E-state index in [0.29, 0.717) is 11.4 Å². The van der Waals surface area contributed by atoms with Gasteiger partial charge in [-0.3, -0.25) is 0 Å². The second kappa shape index (κ2) is 9.47. The van der Waals surface area contributed by atoms with Crippen molar-refractivity contribution in [1.82, 2.24) is 9.97 Å². The lowest BCUT2D eigenvalue weighted by Crippen LogP contribution is -2.36. The fourth-order valence-corrected chi connectivity index (χ4v) is 4.55. The van der Waals surface area contributed by atoms with Gasteiger partial charge in [0.2, 0.25) is 5.95 Å². The molecule has 0 saturated heterocycles. The predicted octanol–water partition coefficient (Wildman–Crippen LogP) is 4.67. The molecule has 1 unspecified atom stereocenters. The van der Waals surface area contributed by atoms with E-state index in [9.17, 15) is 0 Å². The van der Waals surface area contributed by atoms with Crippen molar-refractivity contribution < 1.29 is 0 Å². The van der Waals surface area contributed by atoms with E-state index in [0.717, 1.165) is 36.7 Å². The number of rotatable bonds is 7. The normalized spacial score (nSPS) is 15.3. The maximum atomic E-state index is 4.75. The van der Waals surface area contributed by atoms with Crippen LogP contribution in [-0.2, 0) is 19.3 Å². The van der Waals surface area contributed by atoms with Crippen LogP contribution in [0.3, 0.4) is 0 Å². The molecular weight excluding hydrogens is 392 g/mol. The van der Waals surface area contributed by atoms with Crippen LogP contribution in [0.4, 0.5) is 5.95 Å². The topological polar surface area (TPSA) is 50.2 Å². The summed E-state index contributed by atoms with van der Waals surface area (Å²) in [6, 6.07) is 15.4. The molecule has 4 rings (SSSR count). The van der Waals surface area contributed by atoms with E-state index in [4.69, 9.17) is 4.99 Å². The van der Waals surface area contributed by atoms with Gasteiger partial charge in [-0.15, -0.1) is 0 Å². The number of nitrogens with zero attached hydrogens (tertiary/aromatic N) is 3. The quantitative estimate of drug-likeness (QED) is 0.600. The van der Waals surface area contributed by atoms with Crippen LogP contribution in [0.1, 0.15) is 54.5 Å². The Morgan fingerprint density at radius 2 is 1.81 bits per heavy atom. The van der Waals surface area contributed by atoms with Crippen molar-refractivity contribution in [2.45, 2.75) is 52.9 Å². The number of nitrogens with one attached hydrogen (secondary N) is 1. The summed E-state index contributed by atoms with van der Waals surface area (Å²) in [5, 5.41) is 4.37. The first-order valence-electron chi connectivity index (χ1n) is 11.5. The molecule has 0 saturated carbocycles. The molecule has 0 fully saturated rings. The Bertz CT molecular complexity index is 1270. The third-order valence-electron chi connectivity index (χ3n) is 6.31. The number of allylic oxidation sites excluding steroid dienone is 1. The Balaban J connectivity index is 1.52. The molecule has 1 aromatic heterocycles. The summed E-state index contributed by atoms with van der Waals surface area (Å²) >= 11 is 0. The third kappa shape index (κ3) is 4.50. The first kappa shape index (κ1) is 21.9. The van der Waals surface area contributed by atoms with Crippen molar-refractivity contribution in [3.05, 3.63) is 99.5 Å². The number of benzene rings is 2. The Labute approximate surface area is 190 Å². The van der Waals surface area contributed by atoms with Gasteiger partial charge in [-0.1, -0.05) is 68.5 Å². The first-order chi connectivity index (χ1) is 15.5. The molecule has 0 radical (unpaired) electrons. The maximum absolute atomic E-state index is 4.75. The van der Waals surface area contributed by atoms with Gasteiger partial charge in [-0.25, -0.2) is 9.98 Å². The fraction of sp³-hybridized carbons (Fsp3) is 0.321. The molecule has 0 bridgehead atoms. The molecule has 4 heteroatoms. The van der Waals surface area contributed by atoms with Crippen molar-refractivity contribution in [3.8, 4) is 0 Å².